The van der Waals surface area contributed by atoms with Gasteiger partial charge in [0, 0.05) is 18.5 Å². The summed E-state index contributed by atoms with van der Waals surface area (Å²) in [5.74, 6) is -0.321. The van der Waals surface area contributed by atoms with Gasteiger partial charge in [0.25, 0.3) is 5.91 Å². The van der Waals surface area contributed by atoms with Crippen molar-refractivity contribution in [3.63, 3.8) is 0 Å². The third-order valence-corrected chi connectivity index (χ3v) is 4.19. The van der Waals surface area contributed by atoms with E-state index in [1.165, 1.54) is 6.26 Å². The largest absolute Gasteiger partial charge is 0.459 e. The van der Waals surface area contributed by atoms with Gasteiger partial charge >= 0.3 is 5.63 Å². The molecule has 3 aromatic rings. The molecule has 4 rings (SSSR count). The first-order chi connectivity index (χ1) is 11.7. The summed E-state index contributed by atoms with van der Waals surface area (Å²) in [6.45, 7) is 1.69. The van der Waals surface area contributed by atoms with Gasteiger partial charge in [0.15, 0.2) is 11.4 Å². The Balaban J connectivity index is 1.86. The Kier molecular flexibility index (Phi) is 3.57. The number of furan rings is 1. The second kappa shape index (κ2) is 5.88. The summed E-state index contributed by atoms with van der Waals surface area (Å²) in [5, 5.41) is 3.48. The van der Waals surface area contributed by atoms with Gasteiger partial charge in [-0.15, -0.1) is 0 Å². The molecule has 0 saturated carbocycles. The summed E-state index contributed by atoms with van der Waals surface area (Å²) >= 11 is 0. The van der Waals surface area contributed by atoms with Crippen molar-refractivity contribution in [2.24, 2.45) is 0 Å². The summed E-state index contributed by atoms with van der Waals surface area (Å²) in [7, 11) is 0. The van der Waals surface area contributed by atoms with Gasteiger partial charge in [-0.05, 0) is 37.1 Å². The fourth-order valence-corrected chi connectivity index (χ4v) is 3.10. The van der Waals surface area contributed by atoms with Crippen LogP contribution in [0.2, 0.25) is 0 Å². The van der Waals surface area contributed by atoms with Crippen molar-refractivity contribution in [1.82, 2.24) is 0 Å². The van der Waals surface area contributed by atoms with Gasteiger partial charge < -0.3 is 19.1 Å². The van der Waals surface area contributed by atoms with Gasteiger partial charge in [-0.1, -0.05) is 12.1 Å². The Morgan fingerprint density at radius 3 is 2.62 bits per heavy atom. The van der Waals surface area contributed by atoms with Crippen LogP contribution < -0.4 is 15.8 Å². The number of benzene rings is 1. The van der Waals surface area contributed by atoms with Gasteiger partial charge in [-0.25, -0.2) is 4.79 Å². The van der Waals surface area contributed by atoms with E-state index in [0.717, 1.165) is 37.0 Å². The van der Waals surface area contributed by atoms with Crippen LogP contribution >= 0.6 is 0 Å². The van der Waals surface area contributed by atoms with Crippen LogP contribution in [-0.4, -0.2) is 19.0 Å². The number of para-hydroxylation sites is 1. The van der Waals surface area contributed by atoms with E-state index in [2.05, 4.69) is 10.2 Å². The Labute approximate surface area is 137 Å². The maximum absolute atomic E-state index is 12.5. The first-order valence-electron chi connectivity index (χ1n) is 7.90. The minimum Gasteiger partial charge on any atom is -0.459 e. The van der Waals surface area contributed by atoms with Crippen molar-refractivity contribution in [2.75, 3.05) is 23.3 Å². The van der Waals surface area contributed by atoms with Crippen molar-refractivity contribution in [1.29, 1.82) is 0 Å². The number of rotatable bonds is 3. The molecule has 1 fully saturated rings. The quantitative estimate of drug-likeness (QED) is 0.749. The third-order valence-electron chi connectivity index (χ3n) is 4.19. The van der Waals surface area contributed by atoms with E-state index in [9.17, 15) is 9.59 Å². The highest BCUT2D eigenvalue weighted by atomic mass is 16.4. The number of nitrogens with zero attached hydrogens (tertiary/aromatic N) is 1. The lowest BCUT2D eigenvalue weighted by molar-refractivity contribution is 0.0996. The minimum absolute atomic E-state index is 0.148. The first kappa shape index (κ1) is 14.6. The van der Waals surface area contributed by atoms with Gasteiger partial charge in [0.2, 0.25) is 0 Å². The van der Waals surface area contributed by atoms with E-state index >= 15 is 0 Å². The molecule has 0 atom stereocenters. The summed E-state index contributed by atoms with van der Waals surface area (Å²) < 4.78 is 10.5. The maximum Gasteiger partial charge on any atom is 0.362 e. The summed E-state index contributed by atoms with van der Waals surface area (Å²) in [4.78, 5) is 26.9. The molecule has 1 aliphatic rings. The zero-order chi connectivity index (χ0) is 16.5. The first-order valence-corrected chi connectivity index (χ1v) is 7.90. The van der Waals surface area contributed by atoms with Crippen LogP contribution in [0, 0.1) is 0 Å². The molecular formula is C18H16N2O4. The molecule has 2 aromatic heterocycles. The van der Waals surface area contributed by atoms with Crippen LogP contribution in [0.5, 0.6) is 0 Å². The van der Waals surface area contributed by atoms with Crippen LogP contribution in [-0.2, 0) is 0 Å². The highest BCUT2D eigenvalue weighted by Gasteiger charge is 2.24. The van der Waals surface area contributed by atoms with Gasteiger partial charge in [0.1, 0.15) is 5.58 Å². The molecule has 1 saturated heterocycles. The van der Waals surface area contributed by atoms with Gasteiger partial charge in [-0.2, -0.15) is 0 Å². The Morgan fingerprint density at radius 1 is 1.08 bits per heavy atom. The number of carbonyl (C=O) groups excluding carboxylic acids is 1. The number of amides is 1. The average Bonchev–Trinajstić information content (AvgIpc) is 3.29. The average molecular weight is 324 g/mol. The smallest absolute Gasteiger partial charge is 0.362 e. The van der Waals surface area contributed by atoms with E-state index in [1.54, 1.807) is 18.2 Å². The number of hydrogen-bond donors (Lipinski definition) is 1. The van der Waals surface area contributed by atoms with E-state index in [4.69, 9.17) is 8.83 Å². The second-order valence-electron chi connectivity index (χ2n) is 5.73. The molecule has 1 N–H and O–H groups in total. The van der Waals surface area contributed by atoms with Crippen LogP contribution in [0.15, 0.2) is 56.3 Å². The highest BCUT2D eigenvalue weighted by molar-refractivity contribution is 6.07. The Hall–Kier alpha value is -3.02. The normalized spacial score (nSPS) is 14.2. The van der Waals surface area contributed by atoms with Crippen molar-refractivity contribution in [3.8, 4) is 0 Å². The molecule has 1 amide bonds. The lowest BCUT2D eigenvalue weighted by atomic mass is 10.1. The second-order valence-corrected chi connectivity index (χ2v) is 5.73. The predicted octanol–water partition coefficient (Wildman–Crippen LogP) is 3.24. The van der Waals surface area contributed by atoms with Crippen LogP contribution in [0.4, 0.5) is 11.4 Å². The van der Waals surface area contributed by atoms with E-state index in [1.807, 2.05) is 18.2 Å². The standard InChI is InChI=1S/C18H16N2O4/c21-17(14-8-5-11-23-14)19-15-16(20-9-3-4-10-20)12-6-1-2-7-13(12)24-18(15)22/h1-2,5-8,11H,3-4,9-10H2,(H,19,21). The lowest BCUT2D eigenvalue weighted by Gasteiger charge is -2.22. The van der Waals surface area contributed by atoms with Crippen molar-refractivity contribution >= 4 is 28.3 Å². The molecule has 0 unspecified atom stereocenters. The van der Waals surface area contributed by atoms with Crippen LogP contribution in [0.3, 0.4) is 0 Å². The number of hydrogen-bond acceptors (Lipinski definition) is 5. The van der Waals surface area contributed by atoms with Crippen molar-refractivity contribution in [2.45, 2.75) is 12.8 Å². The fraction of sp³-hybridized carbons (Fsp3) is 0.222. The monoisotopic (exact) mass is 324 g/mol. The van der Waals surface area contributed by atoms with E-state index in [-0.39, 0.29) is 11.4 Å². The number of fused-ring (bicyclic) bond motifs is 1. The summed E-state index contributed by atoms with van der Waals surface area (Å²) in [6, 6.07) is 10.5. The molecule has 0 aliphatic carbocycles. The molecule has 0 radical (unpaired) electrons. The molecule has 1 aliphatic heterocycles. The van der Waals surface area contributed by atoms with Gasteiger partial charge in [0.05, 0.1) is 12.0 Å². The van der Waals surface area contributed by atoms with Crippen molar-refractivity contribution in [3.05, 3.63) is 58.8 Å². The molecule has 3 heterocycles. The zero-order valence-corrected chi connectivity index (χ0v) is 13.0. The fourth-order valence-electron chi connectivity index (χ4n) is 3.10. The van der Waals surface area contributed by atoms with E-state index in [0.29, 0.717) is 5.58 Å². The summed E-state index contributed by atoms with van der Waals surface area (Å²) in [6.07, 6.45) is 3.53. The predicted molar refractivity (Wildman–Crippen MR) is 90.6 cm³/mol. The number of anilines is 2. The topological polar surface area (TPSA) is 75.7 Å². The SMILES string of the molecule is O=C(Nc1c(N2CCCC2)c2ccccc2oc1=O)c1ccco1. The number of carbonyl (C=O) groups is 1. The highest BCUT2D eigenvalue weighted by Crippen LogP contribution is 2.34. The molecule has 0 spiro atoms. The molecular weight excluding hydrogens is 308 g/mol. The summed E-state index contributed by atoms with van der Waals surface area (Å²) in [5.41, 5.74) is 0.840. The lowest BCUT2D eigenvalue weighted by Crippen LogP contribution is -2.25. The van der Waals surface area contributed by atoms with E-state index < -0.39 is 11.5 Å². The molecule has 1 aromatic carbocycles. The van der Waals surface area contributed by atoms with Gasteiger partial charge in [-0.3, -0.25) is 4.79 Å². The van der Waals surface area contributed by atoms with Crippen LogP contribution in [0.25, 0.3) is 11.0 Å². The zero-order valence-electron chi connectivity index (χ0n) is 13.0. The van der Waals surface area contributed by atoms with Crippen molar-refractivity contribution < 1.29 is 13.6 Å². The molecule has 24 heavy (non-hydrogen) atoms. The Morgan fingerprint density at radius 2 is 1.88 bits per heavy atom. The number of nitrogens with one attached hydrogen (secondary N) is 1. The Bertz CT molecular complexity index is 937. The molecule has 122 valence electrons. The minimum atomic E-state index is -0.560. The van der Waals surface area contributed by atoms with Crippen LogP contribution in [0.1, 0.15) is 23.4 Å². The maximum atomic E-state index is 12.5. The third kappa shape index (κ3) is 2.46. The molecule has 6 heteroatoms. The molecule has 6 nitrogen and oxygen atoms in total. The molecule has 0 bridgehead atoms.